The maximum absolute atomic E-state index is 12.2. The van der Waals surface area contributed by atoms with Crippen LogP contribution >= 0.6 is 0 Å². The second-order valence-corrected chi connectivity index (χ2v) is 6.72. The first-order valence-electron chi connectivity index (χ1n) is 8.21. The minimum Gasteiger partial charge on any atom is -0.423 e. The van der Waals surface area contributed by atoms with Gasteiger partial charge in [0.15, 0.2) is 0 Å². The zero-order valence-electron chi connectivity index (χ0n) is 14.3. The lowest BCUT2D eigenvalue weighted by Crippen LogP contribution is -2.29. The lowest BCUT2D eigenvalue weighted by Gasteiger charge is -2.19. The molecule has 4 nitrogen and oxygen atoms in total. The molecule has 1 aliphatic heterocycles. The molecule has 124 valence electrons. The number of carbonyl (C=O) groups excluding carboxylic acids is 1. The van der Waals surface area contributed by atoms with E-state index in [4.69, 9.17) is 4.65 Å². The number of amides is 1. The molecule has 1 aliphatic rings. The number of nitrogens with one attached hydrogen (secondary N) is 1. The standard InChI is InChI=1S/C19H22BNO3/c1-13-6-4-5-7-15(13)18(22)21-11-10-14-8-9-16-17(12-14)20(23)24-19(16,2)3/h4-9,12,23H,10-11H2,1-3H3,(H,21,22). The minimum atomic E-state index is -0.878. The Balaban J connectivity index is 1.63. The Labute approximate surface area is 143 Å². The van der Waals surface area contributed by atoms with Crippen molar-refractivity contribution < 1.29 is 14.5 Å². The fourth-order valence-corrected chi connectivity index (χ4v) is 3.17. The van der Waals surface area contributed by atoms with Gasteiger partial charge in [-0.2, -0.15) is 0 Å². The van der Waals surface area contributed by atoms with E-state index < -0.39 is 12.7 Å². The topological polar surface area (TPSA) is 58.6 Å². The minimum absolute atomic E-state index is 0.0567. The number of hydrogen-bond donors (Lipinski definition) is 2. The molecule has 0 spiro atoms. The molecule has 0 bridgehead atoms. The van der Waals surface area contributed by atoms with Crippen molar-refractivity contribution in [1.82, 2.24) is 5.32 Å². The number of benzene rings is 2. The van der Waals surface area contributed by atoms with Gasteiger partial charge in [-0.25, -0.2) is 0 Å². The summed E-state index contributed by atoms with van der Waals surface area (Å²) < 4.78 is 5.57. The van der Waals surface area contributed by atoms with Gasteiger partial charge in [-0.3, -0.25) is 4.79 Å². The average molecular weight is 323 g/mol. The molecule has 5 heteroatoms. The van der Waals surface area contributed by atoms with E-state index in [1.807, 2.05) is 63.2 Å². The first kappa shape index (κ1) is 16.7. The summed E-state index contributed by atoms with van der Waals surface area (Å²) in [6, 6.07) is 13.5. The molecule has 1 heterocycles. The van der Waals surface area contributed by atoms with E-state index >= 15 is 0 Å². The third kappa shape index (κ3) is 3.23. The van der Waals surface area contributed by atoms with Crippen molar-refractivity contribution >= 4 is 18.5 Å². The van der Waals surface area contributed by atoms with Crippen LogP contribution in [0.3, 0.4) is 0 Å². The van der Waals surface area contributed by atoms with Crippen molar-refractivity contribution in [3.63, 3.8) is 0 Å². The molecule has 2 aromatic carbocycles. The molecule has 2 aromatic rings. The fourth-order valence-electron chi connectivity index (χ4n) is 3.17. The number of carbonyl (C=O) groups is 1. The van der Waals surface area contributed by atoms with Crippen molar-refractivity contribution in [2.45, 2.75) is 32.8 Å². The molecule has 0 aromatic heterocycles. The van der Waals surface area contributed by atoms with Gasteiger partial charge in [-0.15, -0.1) is 0 Å². The first-order chi connectivity index (χ1) is 11.4. The summed E-state index contributed by atoms with van der Waals surface area (Å²) in [5, 5.41) is 13.0. The van der Waals surface area contributed by atoms with Crippen LogP contribution in [-0.4, -0.2) is 24.6 Å². The number of fused-ring (bicyclic) bond motifs is 1. The Morgan fingerprint density at radius 3 is 2.75 bits per heavy atom. The average Bonchev–Trinajstić information content (AvgIpc) is 2.77. The number of aryl methyl sites for hydroxylation is 1. The molecule has 0 radical (unpaired) electrons. The molecular formula is C19H22BNO3. The molecule has 3 rings (SSSR count). The zero-order valence-corrected chi connectivity index (χ0v) is 14.3. The van der Waals surface area contributed by atoms with E-state index in [2.05, 4.69) is 5.32 Å². The van der Waals surface area contributed by atoms with Gasteiger partial charge in [0.25, 0.3) is 5.91 Å². The van der Waals surface area contributed by atoms with Crippen LogP contribution < -0.4 is 10.8 Å². The molecule has 2 N–H and O–H groups in total. The zero-order chi connectivity index (χ0) is 17.3. The van der Waals surface area contributed by atoms with Crippen molar-refractivity contribution in [2.24, 2.45) is 0 Å². The number of hydrogen-bond acceptors (Lipinski definition) is 3. The smallest absolute Gasteiger partial charge is 0.423 e. The second-order valence-electron chi connectivity index (χ2n) is 6.72. The van der Waals surface area contributed by atoms with Gasteiger partial charge in [0.1, 0.15) is 0 Å². The Hall–Kier alpha value is -2.11. The molecule has 24 heavy (non-hydrogen) atoms. The van der Waals surface area contributed by atoms with Crippen LogP contribution in [0.1, 0.15) is 40.9 Å². The van der Waals surface area contributed by atoms with Gasteiger partial charge in [0.05, 0.1) is 5.60 Å². The molecule has 0 aliphatic carbocycles. The predicted molar refractivity (Wildman–Crippen MR) is 95.4 cm³/mol. The molecule has 0 atom stereocenters. The summed E-state index contributed by atoms with van der Waals surface area (Å²) in [5.74, 6) is -0.0567. The van der Waals surface area contributed by atoms with Crippen molar-refractivity contribution in [2.75, 3.05) is 6.54 Å². The highest BCUT2D eigenvalue weighted by Gasteiger charge is 2.40. The van der Waals surface area contributed by atoms with E-state index in [0.29, 0.717) is 18.5 Å². The lowest BCUT2D eigenvalue weighted by atomic mass is 9.77. The van der Waals surface area contributed by atoms with Crippen LogP contribution in [0, 0.1) is 6.92 Å². The van der Waals surface area contributed by atoms with Crippen molar-refractivity contribution in [3.8, 4) is 0 Å². The monoisotopic (exact) mass is 323 g/mol. The molecule has 0 saturated carbocycles. The quantitative estimate of drug-likeness (QED) is 0.845. The van der Waals surface area contributed by atoms with E-state index in [-0.39, 0.29) is 5.91 Å². The van der Waals surface area contributed by atoms with E-state index in [9.17, 15) is 9.82 Å². The summed E-state index contributed by atoms with van der Waals surface area (Å²) in [5.41, 5.74) is 4.11. The van der Waals surface area contributed by atoms with Crippen LogP contribution in [0.15, 0.2) is 42.5 Å². The van der Waals surface area contributed by atoms with Gasteiger partial charge < -0.3 is 15.0 Å². The van der Waals surface area contributed by atoms with E-state index in [1.54, 1.807) is 0 Å². The molecule has 0 unspecified atom stereocenters. The SMILES string of the molecule is Cc1ccccc1C(=O)NCCc1ccc2c(c1)B(O)OC2(C)C. The molecule has 0 saturated heterocycles. The summed E-state index contributed by atoms with van der Waals surface area (Å²) in [4.78, 5) is 12.2. The van der Waals surface area contributed by atoms with Gasteiger partial charge in [-0.05, 0) is 55.4 Å². The summed E-state index contributed by atoms with van der Waals surface area (Å²) >= 11 is 0. The summed E-state index contributed by atoms with van der Waals surface area (Å²) in [6.45, 7) is 6.37. The first-order valence-corrected chi connectivity index (χ1v) is 8.21. The largest absolute Gasteiger partial charge is 0.492 e. The third-order valence-corrected chi connectivity index (χ3v) is 4.53. The van der Waals surface area contributed by atoms with Gasteiger partial charge >= 0.3 is 7.12 Å². The second kappa shape index (κ2) is 6.42. The number of rotatable bonds is 4. The van der Waals surface area contributed by atoms with Gasteiger partial charge in [-0.1, -0.05) is 36.4 Å². The highest BCUT2D eigenvalue weighted by Crippen LogP contribution is 2.29. The summed E-state index contributed by atoms with van der Waals surface area (Å²) in [6.07, 6.45) is 0.706. The van der Waals surface area contributed by atoms with Crippen LogP contribution in [0.25, 0.3) is 0 Å². The maximum Gasteiger partial charge on any atom is 0.492 e. The molecule has 0 fully saturated rings. The van der Waals surface area contributed by atoms with Crippen molar-refractivity contribution in [1.29, 1.82) is 0 Å². The molecular weight excluding hydrogens is 301 g/mol. The normalized spacial score (nSPS) is 15.2. The Kier molecular flexibility index (Phi) is 4.48. The molecule has 1 amide bonds. The van der Waals surface area contributed by atoms with Crippen LogP contribution in [0.4, 0.5) is 0 Å². The van der Waals surface area contributed by atoms with Crippen LogP contribution in [0.5, 0.6) is 0 Å². The predicted octanol–water partition coefficient (Wildman–Crippen LogP) is 1.92. The van der Waals surface area contributed by atoms with Crippen LogP contribution in [-0.2, 0) is 16.7 Å². The maximum atomic E-state index is 12.2. The van der Waals surface area contributed by atoms with Gasteiger partial charge in [0, 0.05) is 12.1 Å². The lowest BCUT2D eigenvalue weighted by molar-refractivity contribution is 0.0952. The fraction of sp³-hybridized carbons (Fsp3) is 0.316. The van der Waals surface area contributed by atoms with Gasteiger partial charge in [0.2, 0.25) is 0 Å². The third-order valence-electron chi connectivity index (χ3n) is 4.53. The Morgan fingerprint density at radius 1 is 1.25 bits per heavy atom. The van der Waals surface area contributed by atoms with Crippen molar-refractivity contribution in [3.05, 3.63) is 64.7 Å². The van der Waals surface area contributed by atoms with Crippen LogP contribution in [0.2, 0.25) is 0 Å². The Morgan fingerprint density at radius 2 is 2.00 bits per heavy atom. The van der Waals surface area contributed by atoms with E-state index in [1.165, 1.54) is 0 Å². The highest BCUT2D eigenvalue weighted by atomic mass is 16.5. The Bertz CT molecular complexity index is 773. The van der Waals surface area contributed by atoms with E-state index in [0.717, 1.165) is 22.2 Å². The summed E-state index contributed by atoms with van der Waals surface area (Å²) in [7, 11) is -0.878. The highest BCUT2D eigenvalue weighted by molar-refractivity contribution is 6.62.